The van der Waals surface area contributed by atoms with E-state index in [1.54, 1.807) is 41.9 Å². The van der Waals surface area contributed by atoms with Gasteiger partial charge in [0.25, 0.3) is 0 Å². The zero-order valence-electron chi connectivity index (χ0n) is 7.40. The summed E-state index contributed by atoms with van der Waals surface area (Å²) in [6.45, 7) is 2.60. The minimum Gasteiger partial charge on any atom is -0.0768 e. The Balaban J connectivity index is 2.13. The third kappa shape index (κ3) is 3.16. The van der Waals surface area contributed by atoms with Crippen LogP contribution in [0.1, 0.15) is 32.1 Å². The Bertz CT molecular complexity index is 86.9. The second kappa shape index (κ2) is 4.51. The lowest BCUT2D eigenvalue weighted by atomic mass is 10.0. The van der Waals surface area contributed by atoms with Crippen LogP contribution in [0.3, 0.4) is 0 Å². The van der Waals surface area contributed by atoms with Crippen LogP contribution in [0.25, 0.3) is 0 Å². The van der Waals surface area contributed by atoms with Crippen molar-refractivity contribution in [2.75, 3.05) is 0 Å². The highest BCUT2D eigenvalue weighted by molar-refractivity contribution is 7.34. The van der Waals surface area contributed by atoms with Crippen molar-refractivity contribution in [3.05, 3.63) is 0 Å². The number of hydrogen-bond acceptors (Lipinski definition) is 0. The monoisotopic (exact) mass is 188 g/mol. The number of rotatable bonds is 2. The molecule has 0 saturated heterocycles. The Labute approximate surface area is 71.2 Å². The van der Waals surface area contributed by atoms with Gasteiger partial charge in [0.1, 0.15) is 0 Å². The van der Waals surface area contributed by atoms with Gasteiger partial charge in [-0.15, -0.1) is 0 Å². The van der Waals surface area contributed by atoms with Crippen LogP contribution < -0.4 is 0 Å². The van der Waals surface area contributed by atoms with E-state index < -0.39 is 0 Å². The fourth-order valence-electron chi connectivity index (χ4n) is 2.09. The van der Waals surface area contributed by atoms with E-state index in [9.17, 15) is 0 Å². The Kier molecular flexibility index (Phi) is 3.95. The van der Waals surface area contributed by atoms with Gasteiger partial charge in [-0.1, -0.05) is 44.2 Å². The lowest BCUT2D eigenvalue weighted by molar-refractivity contribution is 0.503. The zero-order chi connectivity index (χ0) is 7.40. The zero-order valence-corrected chi connectivity index (χ0v) is 12.0. The van der Waals surface area contributed by atoms with Gasteiger partial charge in [0.05, 0.1) is 0 Å². The van der Waals surface area contributed by atoms with Crippen molar-refractivity contribution >= 4 is 26.6 Å². The topological polar surface area (TPSA) is 0 Å². The summed E-state index contributed by atoms with van der Waals surface area (Å²) in [6, 6.07) is 0. The van der Waals surface area contributed by atoms with Gasteiger partial charge in [-0.2, -0.15) is 0 Å². The minimum absolute atomic E-state index is 0.0340. The molecular formula is C7H20Si3. The maximum absolute atomic E-state index is 2.60. The van der Waals surface area contributed by atoms with E-state index in [1.807, 2.05) is 0 Å². The summed E-state index contributed by atoms with van der Waals surface area (Å²) in [4.78, 5) is 0. The first kappa shape index (κ1) is 8.74. The van der Waals surface area contributed by atoms with E-state index >= 15 is 0 Å². The third-order valence-corrected chi connectivity index (χ3v) is 14.0. The standard InChI is InChI=1S/C7H20Si3/c1-10(8)9-7-5-3-2-4-6-7/h7,10H,2-6,9H2,1,8H3. The average molecular weight is 188 g/mol. The molecule has 10 heavy (non-hydrogen) atoms. The first-order valence-electron chi connectivity index (χ1n) is 4.79. The highest BCUT2D eigenvalue weighted by Gasteiger charge is 2.14. The molecule has 0 bridgehead atoms. The van der Waals surface area contributed by atoms with Gasteiger partial charge in [-0.25, -0.2) is 0 Å². The second-order valence-corrected chi connectivity index (χ2v) is 25.7. The first-order valence-corrected chi connectivity index (χ1v) is 14.6. The molecular weight excluding hydrogens is 168 g/mol. The summed E-state index contributed by atoms with van der Waals surface area (Å²) in [5, 5.41) is 0. The number of hydrogen-bond donors (Lipinski definition) is 0. The molecule has 1 fully saturated rings. The van der Waals surface area contributed by atoms with Gasteiger partial charge in [0.15, 0.2) is 0 Å². The van der Waals surface area contributed by atoms with E-state index in [0.717, 1.165) is 0 Å². The largest absolute Gasteiger partial charge is 0.0768 e. The van der Waals surface area contributed by atoms with Gasteiger partial charge < -0.3 is 0 Å². The lowest BCUT2D eigenvalue weighted by Gasteiger charge is -2.21. The van der Waals surface area contributed by atoms with Gasteiger partial charge in [-0.05, 0) is 9.76 Å². The van der Waals surface area contributed by atoms with Crippen LogP contribution in [0.4, 0.5) is 0 Å². The quantitative estimate of drug-likeness (QED) is 0.540. The molecule has 1 aliphatic rings. The van der Waals surface area contributed by atoms with Crippen molar-refractivity contribution in [2.45, 2.75) is 44.2 Å². The molecule has 60 valence electrons. The molecule has 0 aromatic carbocycles. The van der Waals surface area contributed by atoms with Gasteiger partial charge in [0, 0.05) is 16.9 Å². The molecule has 0 radical (unpaired) electrons. The third-order valence-electron chi connectivity index (χ3n) is 2.53. The predicted octanol–water partition coefficient (Wildman–Crippen LogP) is 0.123. The second-order valence-electron chi connectivity index (χ2n) is 4.13. The summed E-state index contributed by atoms with van der Waals surface area (Å²) in [5.74, 6) is 0. The van der Waals surface area contributed by atoms with Crippen molar-refractivity contribution in [2.24, 2.45) is 0 Å². The van der Waals surface area contributed by atoms with Crippen LogP contribution in [-0.2, 0) is 0 Å². The van der Waals surface area contributed by atoms with E-state index in [0.29, 0.717) is 9.04 Å². The molecule has 1 rings (SSSR count). The smallest absolute Gasteiger partial charge is 0.0119 e. The molecule has 1 atom stereocenters. The van der Waals surface area contributed by atoms with Crippen LogP contribution in [0.15, 0.2) is 0 Å². The molecule has 1 saturated carbocycles. The van der Waals surface area contributed by atoms with Crippen molar-refractivity contribution in [3.8, 4) is 0 Å². The SMILES string of the molecule is C[SiH]([SiH3])[SiH2]C1CCCCC1. The van der Waals surface area contributed by atoms with Gasteiger partial charge in [0.2, 0.25) is 0 Å². The van der Waals surface area contributed by atoms with Gasteiger partial charge >= 0.3 is 0 Å². The molecule has 0 aliphatic heterocycles. The summed E-state index contributed by atoms with van der Waals surface area (Å²) < 4.78 is 0. The first-order chi connectivity index (χ1) is 4.79. The van der Waals surface area contributed by atoms with Crippen molar-refractivity contribution < 1.29 is 0 Å². The summed E-state index contributed by atoms with van der Waals surface area (Å²) in [6.07, 6.45) is 7.94. The molecule has 0 amide bonds. The Hall–Kier alpha value is 0.651. The van der Waals surface area contributed by atoms with Crippen molar-refractivity contribution in [1.29, 1.82) is 0 Å². The molecule has 0 heterocycles. The molecule has 0 nitrogen and oxygen atoms in total. The van der Waals surface area contributed by atoms with E-state index in [1.165, 1.54) is 5.54 Å². The van der Waals surface area contributed by atoms with Crippen LogP contribution in [0, 0.1) is 0 Å². The van der Waals surface area contributed by atoms with Crippen molar-refractivity contribution in [1.82, 2.24) is 0 Å². The lowest BCUT2D eigenvalue weighted by Crippen LogP contribution is -2.24. The molecule has 3 heteroatoms. The maximum Gasteiger partial charge on any atom is 0.0119 e. The normalized spacial score (nSPS) is 26.1. The fourth-order valence-corrected chi connectivity index (χ4v) is 15.9. The predicted molar refractivity (Wildman–Crippen MR) is 58.3 cm³/mol. The Morgan fingerprint density at radius 2 is 1.90 bits per heavy atom. The molecule has 0 N–H and O–H groups in total. The Morgan fingerprint density at radius 1 is 1.30 bits per heavy atom. The van der Waals surface area contributed by atoms with Crippen LogP contribution in [0.5, 0.6) is 0 Å². The van der Waals surface area contributed by atoms with Crippen molar-refractivity contribution in [3.63, 3.8) is 0 Å². The highest BCUT2D eigenvalue weighted by Crippen LogP contribution is 2.27. The molecule has 0 spiro atoms. The Morgan fingerprint density at radius 3 is 2.40 bits per heavy atom. The highest BCUT2D eigenvalue weighted by atomic mass is 29.5. The maximum atomic E-state index is 2.60. The molecule has 1 unspecified atom stereocenters. The fraction of sp³-hybridized carbons (Fsp3) is 1.00. The summed E-state index contributed by atoms with van der Waals surface area (Å²) in [7, 11) is 2.14. The summed E-state index contributed by atoms with van der Waals surface area (Å²) in [5.41, 5.74) is 1.31. The molecule has 0 aromatic rings. The summed E-state index contributed by atoms with van der Waals surface area (Å²) >= 11 is 0. The van der Waals surface area contributed by atoms with Crippen LogP contribution in [0.2, 0.25) is 12.1 Å². The van der Waals surface area contributed by atoms with E-state index in [-0.39, 0.29) is 7.83 Å². The van der Waals surface area contributed by atoms with E-state index in [2.05, 4.69) is 6.55 Å². The minimum atomic E-state index is 0.0340. The average Bonchev–Trinajstić information content (AvgIpc) is 1.88. The molecule has 1 aliphatic carbocycles. The van der Waals surface area contributed by atoms with Crippen LogP contribution >= 0.6 is 0 Å². The molecule has 0 aromatic heterocycles. The van der Waals surface area contributed by atoms with Crippen LogP contribution in [-0.4, -0.2) is 26.6 Å². The van der Waals surface area contributed by atoms with E-state index in [4.69, 9.17) is 0 Å². The van der Waals surface area contributed by atoms with Gasteiger partial charge in [-0.3, -0.25) is 0 Å².